The lowest BCUT2D eigenvalue weighted by molar-refractivity contribution is 0.0354. The monoisotopic (exact) mass is 271 g/mol. The molecule has 0 aromatic rings. The fourth-order valence-corrected chi connectivity index (χ4v) is 2.38. The third-order valence-electron chi connectivity index (χ3n) is 4.02. The highest BCUT2D eigenvalue weighted by atomic mass is 16.5. The molecule has 0 aromatic heterocycles. The molecule has 1 aliphatic rings. The second kappa shape index (κ2) is 10.6. The zero-order valence-corrected chi connectivity index (χ0v) is 12.9. The van der Waals surface area contributed by atoms with Crippen molar-refractivity contribution >= 4 is 0 Å². The molecular weight excluding hydrogens is 238 g/mol. The molecule has 3 unspecified atom stereocenters. The van der Waals surface area contributed by atoms with Crippen molar-refractivity contribution in [1.29, 1.82) is 0 Å². The molecular formula is C16H33NO2. The van der Waals surface area contributed by atoms with E-state index in [-0.39, 0.29) is 6.10 Å². The fraction of sp³-hybridized carbons (Fsp3) is 1.00. The average Bonchev–Trinajstić information content (AvgIpc) is 3.08. The molecule has 19 heavy (non-hydrogen) atoms. The number of aliphatic hydroxyl groups excluding tert-OH is 1. The molecule has 0 radical (unpaired) electrons. The van der Waals surface area contributed by atoms with Crippen LogP contribution in [0.2, 0.25) is 0 Å². The van der Waals surface area contributed by atoms with Gasteiger partial charge in [0.15, 0.2) is 0 Å². The summed E-state index contributed by atoms with van der Waals surface area (Å²) in [7, 11) is 0. The summed E-state index contributed by atoms with van der Waals surface area (Å²) < 4.78 is 5.51. The van der Waals surface area contributed by atoms with Crippen LogP contribution in [0.25, 0.3) is 0 Å². The molecule has 0 aromatic carbocycles. The van der Waals surface area contributed by atoms with Crippen molar-refractivity contribution in [1.82, 2.24) is 5.32 Å². The van der Waals surface area contributed by atoms with Crippen LogP contribution in [0.15, 0.2) is 0 Å². The van der Waals surface area contributed by atoms with E-state index < -0.39 is 0 Å². The Labute approximate surface area is 119 Å². The maximum absolute atomic E-state index is 9.73. The first-order valence-corrected chi connectivity index (χ1v) is 8.20. The first-order valence-electron chi connectivity index (χ1n) is 8.20. The van der Waals surface area contributed by atoms with Crippen LogP contribution in [-0.4, -0.2) is 37.5 Å². The number of nitrogens with one attached hydrogen (secondary N) is 1. The van der Waals surface area contributed by atoms with Crippen LogP contribution in [0, 0.1) is 11.8 Å². The van der Waals surface area contributed by atoms with Crippen molar-refractivity contribution in [2.45, 2.75) is 64.9 Å². The van der Waals surface area contributed by atoms with Gasteiger partial charge in [0.05, 0.1) is 12.7 Å². The summed E-state index contributed by atoms with van der Waals surface area (Å²) in [6, 6.07) is 0. The van der Waals surface area contributed by atoms with Gasteiger partial charge >= 0.3 is 0 Å². The minimum absolute atomic E-state index is 0.353. The van der Waals surface area contributed by atoms with Gasteiger partial charge in [-0.25, -0.2) is 0 Å². The van der Waals surface area contributed by atoms with Gasteiger partial charge in [0.1, 0.15) is 0 Å². The standard InChI is InChI=1S/C16H33NO2/c1-3-4-5-6-7-8-9-19-13-16(18)12-17-11-15-10-14(15)2/h14-18H,3-13H2,1-2H3. The molecule has 0 spiro atoms. The van der Waals surface area contributed by atoms with Gasteiger partial charge in [0.25, 0.3) is 0 Å². The largest absolute Gasteiger partial charge is 0.389 e. The van der Waals surface area contributed by atoms with Gasteiger partial charge in [-0.3, -0.25) is 0 Å². The van der Waals surface area contributed by atoms with Gasteiger partial charge < -0.3 is 15.2 Å². The van der Waals surface area contributed by atoms with Crippen molar-refractivity contribution in [2.24, 2.45) is 11.8 Å². The van der Waals surface area contributed by atoms with Gasteiger partial charge in [0, 0.05) is 13.2 Å². The van der Waals surface area contributed by atoms with Gasteiger partial charge in [-0.1, -0.05) is 46.0 Å². The Bertz CT molecular complexity index is 211. The first-order chi connectivity index (χ1) is 9.24. The van der Waals surface area contributed by atoms with Crippen molar-refractivity contribution < 1.29 is 9.84 Å². The lowest BCUT2D eigenvalue weighted by Gasteiger charge is -2.12. The summed E-state index contributed by atoms with van der Waals surface area (Å²) in [4.78, 5) is 0. The number of ether oxygens (including phenoxy) is 1. The lowest BCUT2D eigenvalue weighted by Crippen LogP contribution is -2.31. The van der Waals surface area contributed by atoms with Crippen molar-refractivity contribution in [3.05, 3.63) is 0 Å². The number of unbranched alkanes of at least 4 members (excludes halogenated alkanes) is 5. The summed E-state index contributed by atoms with van der Waals surface area (Å²) in [5.41, 5.74) is 0. The van der Waals surface area contributed by atoms with Crippen LogP contribution in [0.3, 0.4) is 0 Å². The Kier molecular flexibility index (Phi) is 9.48. The average molecular weight is 271 g/mol. The summed E-state index contributed by atoms with van der Waals surface area (Å²) in [5, 5.41) is 13.1. The molecule has 1 aliphatic carbocycles. The Morgan fingerprint density at radius 3 is 2.58 bits per heavy atom. The van der Waals surface area contributed by atoms with E-state index in [1.54, 1.807) is 0 Å². The predicted molar refractivity (Wildman–Crippen MR) is 80.3 cm³/mol. The molecule has 0 amide bonds. The van der Waals surface area contributed by atoms with E-state index in [0.29, 0.717) is 13.2 Å². The molecule has 3 nitrogen and oxygen atoms in total. The quantitative estimate of drug-likeness (QED) is 0.506. The molecule has 2 N–H and O–H groups in total. The second-order valence-electron chi connectivity index (χ2n) is 6.13. The Hall–Kier alpha value is -0.120. The maximum Gasteiger partial charge on any atom is 0.0897 e. The normalized spacial score (nSPS) is 23.5. The van der Waals surface area contributed by atoms with Crippen LogP contribution < -0.4 is 5.32 Å². The van der Waals surface area contributed by atoms with E-state index in [2.05, 4.69) is 19.2 Å². The third kappa shape index (κ3) is 9.42. The minimum atomic E-state index is -0.353. The van der Waals surface area contributed by atoms with Crippen molar-refractivity contribution in [3.63, 3.8) is 0 Å². The molecule has 1 saturated carbocycles. The van der Waals surface area contributed by atoms with E-state index in [4.69, 9.17) is 4.74 Å². The van der Waals surface area contributed by atoms with Gasteiger partial charge in [0.2, 0.25) is 0 Å². The van der Waals surface area contributed by atoms with E-state index in [9.17, 15) is 5.11 Å². The van der Waals surface area contributed by atoms with Crippen molar-refractivity contribution in [3.8, 4) is 0 Å². The lowest BCUT2D eigenvalue weighted by atomic mass is 10.1. The van der Waals surface area contributed by atoms with E-state index in [0.717, 1.165) is 31.4 Å². The fourth-order valence-electron chi connectivity index (χ4n) is 2.38. The number of rotatable bonds is 13. The number of hydrogen-bond donors (Lipinski definition) is 2. The van der Waals surface area contributed by atoms with E-state index in [1.165, 1.54) is 38.5 Å². The third-order valence-corrected chi connectivity index (χ3v) is 4.02. The van der Waals surface area contributed by atoms with E-state index in [1.807, 2.05) is 0 Å². The van der Waals surface area contributed by atoms with E-state index >= 15 is 0 Å². The minimum Gasteiger partial charge on any atom is -0.389 e. The maximum atomic E-state index is 9.73. The zero-order chi connectivity index (χ0) is 13.9. The SMILES string of the molecule is CCCCCCCCOCC(O)CNCC1CC1C. The molecule has 0 aliphatic heterocycles. The first kappa shape index (κ1) is 16.9. The van der Waals surface area contributed by atoms with Crippen LogP contribution in [-0.2, 0) is 4.74 Å². The molecule has 0 heterocycles. The highest BCUT2D eigenvalue weighted by Gasteiger charge is 2.31. The Balaban J connectivity index is 1.75. The van der Waals surface area contributed by atoms with Crippen LogP contribution in [0.4, 0.5) is 0 Å². The highest BCUT2D eigenvalue weighted by Crippen LogP contribution is 2.36. The smallest absolute Gasteiger partial charge is 0.0897 e. The summed E-state index contributed by atoms with van der Waals surface area (Å²) in [6.07, 6.45) is 8.70. The van der Waals surface area contributed by atoms with Crippen LogP contribution >= 0.6 is 0 Å². The molecule has 0 saturated heterocycles. The Morgan fingerprint density at radius 1 is 1.21 bits per heavy atom. The van der Waals surface area contributed by atoms with Crippen LogP contribution in [0.1, 0.15) is 58.8 Å². The second-order valence-corrected chi connectivity index (χ2v) is 6.13. The van der Waals surface area contributed by atoms with Gasteiger partial charge in [-0.15, -0.1) is 0 Å². The zero-order valence-electron chi connectivity index (χ0n) is 12.9. The summed E-state index contributed by atoms with van der Waals surface area (Å²) >= 11 is 0. The molecule has 3 atom stereocenters. The van der Waals surface area contributed by atoms with Crippen molar-refractivity contribution in [2.75, 3.05) is 26.3 Å². The number of aliphatic hydroxyl groups is 1. The van der Waals surface area contributed by atoms with Gasteiger partial charge in [-0.05, 0) is 31.2 Å². The van der Waals surface area contributed by atoms with Crippen LogP contribution in [0.5, 0.6) is 0 Å². The molecule has 3 heteroatoms. The summed E-state index contributed by atoms with van der Waals surface area (Å²) in [6.45, 7) is 7.51. The molecule has 114 valence electrons. The summed E-state index contributed by atoms with van der Waals surface area (Å²) in [5.74, 6) is 1.73. The highest BCUT2D eigenvalue weighted by molar-refractivity contribution is 4.84. The predicted octanol–water partition coefficient (Wildman–Crippen LogP) is 2.97. The molecule has 1 fully saturated rings. The Morgan fingerprint density at radius 2 is 1.89 bits per heavy atom. The topological polar surface area (TPSA) is 41.5 Å². The molecule has 1 rings (SSSR count). The van der Waals surface area contributed by atoms with Gasteiger partial charge in [-0.2, -0.15) is 0 Å². The number of hydrogen-bond acceptors (Lipinski definition) is 3. The molecule has 0 bridgehead atoms.